The van der Waals surface area contributed by atoms with E-state index >= 15 is 0 Å². The van der Waals surface area contributed by atoms with Crippen LogP contribution in [0.25, 0.3) is 21.7 Å². The largest absolute Gasteiger partial charge is 0.419 e. The van der Waals surface area contributed by atoms with Crippen LogP contribution in [-0.2, 0) is 17.8 Å². The Kier molecular flexibility index (Phi) is 5.97. The van der Waals surface area contributed by atoms with Gasteiger partial charge in [-0.15, -0.1) is 21.5 Å². The van der Waals surface area contributed by atoms with Gasteiger partial charge < -0.3 is 9.15 Å². The number of thiophene rings is 1. The Morgan fingerprint density at radius 1 is 1.14 bits per heavy atom. The molecule has 0 aliphatic carbocycles. The molecule has 0 radical (unpaired) electrons. The normalized spacial score (nSPS) is 11.5. The van der Waals surface area contributed by atoms with Gasteiger partial charge in [0, 0.05) is 31.1 Å². The highest BCUT2D eigenvalue weighted by Crippen LogP contribution is 2.25. The molecule has 0 amide bonds. The number of rotatable bonds is 8. The Balaban J connectivity index is 1.54. The van der Waals surface area contributed by atoms with E-state index in [0.717, 1.165) is 21.3 Å². The fraction of sp³-hybridized carbons (Fsp3) is 0.250. The van der Waals surface area contributed by atoms with Crippen molar-refractivity contribution < 1.29 is 9.15 Å². The minimum atomic E-state index is 0.505. The lowest BCUT2D eigenvalue weighted by molar-refractivity contribution is 0.134. The first-order valence-corrected chi connectivity index (χ1v) is 10.1. The van der Waals surface area contributed by atoms with Crippen molar-refractivity contribution in [3.8, 4) is 10.8 Å². The van der Waals surface area contributed by atoms with E-state index in [1.54, 1.807) is 18.4 Å². The van der Waals surface area contributed by atoms with Crippen LogP contribution in [0.1, 0.15) is 11.5 Å². The van der Waals surface area contributed by atoms with E-state index in [0.29, 0.717) is 43.2 Å². The lowest BCUT2D eigenvalue weighted by atomic mass is 10.1. The van der Waals surface area contributed by atoms with Crippen molar-refractivity contribution in [3.05, 3.63) is 64.5 Å². The van der Waals surface area contributed by atoms with Gasteiger partial charge in [-0.3, -0.25) is 4.90 Å². The highest BCUT2D eigenvalue weighted by atomic mass is 35.5. The summed E-state index contributed by atoms with van der Waals surface area (Å²) < 4.78 is 11.1. The summed E-state index contributed by atoms with van der Waals surface area (Å²) in [5.41, 5.74) is 1.84. The second kappa shape index (κ2) is 8.79. The third kappa shape index (κ3) is 4.39. The zero-order chi connectivity index (χ0) is 19.3. The molecule has 4 rings (SSSR count). The van der Waals surface area contributed by atoms with Crippen molar-refractivity contribution in [1.82, 2.24) is 20.1 Å². The molecule has 4 aromatic rings. The topological polar surface area (TPSA) is 64.3 Å². The number of pyridine rings is 1. The zero-order valence-corrected chi connectivity index (χ0v) is 16.9. The summed E-state index contributed by atoms with van der Waals surface area (Å²) in [5, 5.41) is 11.9. The summed E-state index contributed by atoms with van der Waals surface area (Å²) in [5.74, 6) is 1.10. The van der Waals surface area contributed by atoms with Crippen LogP contribution < -0.4 is 0 Å². The molecule has 0 unspecified atom stereocenters. The van der Waals surface area contributed by atoms with Crippen LogP contribution in [0.2, 0.25) is 5.15 Å². The average Bonchev–Trinajstić information content (AvgIpc) is 3.38. The smallest absolute Gasteiger partial charge is 0.257 e. The molecule has 0 N–H and O–H groups in total. The third-order valence-corrected chi connectivity index (χ3v) is 5.50. The van der Waals surface area contributed by atoms with Gasteiger partial charge in [0.2, 0.25) is 5.89 Å². The average molecular weight is 415 g/mol. The zero-order valence-electron chi connectivity index (χ0n) is 15.3. The van der Waals surface area contributed by atoms with E-state index in [4.69, 9.17) is 20.8 Å². The number of nitrogens with zero attached hydrogens (tertiary/aromatic N) is 4. The van der Waals surface area contributed by atoms with Crippen molar-refractivity contribution in [1.29, 1.82) is 0 Å². The van der Waals surface area contributed by atoms with Crippen LogP contribution in [0, 0.1) is 0 Å². The molecule has 3 aromatic heterocycles. The Morgan fingerprint density at radius 2 is 2.04 bits per heavy atom. The lowest BCUT2D eigenvalue weighted by Gasteiger charge is -2.20. The Hall–Kier alpha value is -2.32. The van der Waals surface area contributed by atoms with Crippen LogP contribution in [-0.4, -0.2) is 40.3 Å². The van der Waals surface area contributed by atoms with Gasteiger partial charge in [-0.25, -0.2) is 4.98 Å². The maximum Gasteiger partial charge on any atom is 0.257 e. The molecule has 3 heterocycles. The second-order valence-corrected chi connectivity index (χ2v) is 7.62. The van der Waals surface area contributed by atoms with Gasteiger partial charge in [-0.2, -0.15) is 0 Å². The lowest BCUT2D eigenvalue weighted by Crippen LogP contribution is -2.27. The highest BCUT2D eigenvalue weighted by molar-refractivity contribution is 7.13. The van der Waals surface area contributed by atoms with Crippen LogP contribution in [0.15, 0.2) is 52.3 Å². The molecule has 0 aliphatic heterocycles. The Morgan fingerprint density at radius 3 is 2.86 bits per heavy atom. The van der Waals surface area contributed by atoms with Crippen molar-refractivity contribution >= 4 is 33.8 Å². The first-order valence-electron chi connectivity index (χ1n) is 8.84. The number of benzene rings is 1. The number of ether oxygens (including phenoxy) is 1. The Labute approximate surface area is 171 Å². The van der Waals surface area contributed by atoms with Crippen molar-refractivity contribution in [3.63, 3.8) is 0 Å². The molecule has 0 saturated carbocycles. The van der Waals surface area contributed by atoms with Gasteiger partial charge >= 0.3 is 0 Å². The number of aromatic nitrogens is 3. The van der Waals surface area contributed by atoms with Crippen LogP contribution in [0.5, 0.6) is 0 Å². The van der Waals surface area contributed by atoms with E-state index in [1.165, 1.54) is 0 Å². The second-order valence-electron chi connectivity index (χ2n) is 6.31. The van der Waals surface area contributed by atoms with Gasteiger partial charge in [0.1, 0.15) is 5.15 Å². The molecule has 0 saturated heterocycles. The standard InChI is InChI=1S/C20H19ClN4O2S/c1-26-9-8-25(13-18-23-24-20(27-18)17-7-4-10-28-17)12-15-11-14-5-2-3-6-16(14)22-19(15)21/h2-7,10-11H,8-9,12-13H2,1H3. The summed E-state index contributed by atoms with van der Waals surface area (Å²) in [6.07, 6.45) is 0. The highest BCUT2D eigenvalue weighted by Gasteiger charge is 2.16. The number of para-hydroxylation sites is 1. The summed E-state index contributed by atoms with van der Waals surface area (Å²) in [7, 11) is 1.68. The number of hydrogen-bond donors (Lipinski definition) is 0. The molecule has 28 heavy (non-hydrogen) atoms. The maximum absolute atomic E-state index is 6.44. The van der Waals surface area contributed by atoms with Crippen LogP contribution >= 0.6 is 22.9 Å². The van der Waals surface area contributed by atoms with Crippen molar-refractivity contribution in [2.45, 2.75) is 13.1 Å². The summed E-state index contributed by atoms with van der Waals surface area (Å²) in [6.45, 7) is 2.41. The fourth-order valence-electron chi connectivity index (χ4n) is 2.93. The van der Waals surface area contributed by atoms with E-state index in [9.17, 15) is 0 Å². The van der Waals surface area contributed by atoms with Gasteiger partial charge in [-0.1, -0.05) is 35.9 Å². The Bertz CT molecular complexity index is 1050. The first-order chi connectivity index (χ1) is 13.7. The fourth-order valence-corrected chi connectivity index (χ4v) is 3.78. The van der Waals surface area contributed by atoms with Crippen molar-refractivity contribution in [2.75, 3.05) is 20.3 Å². The molecule has 0 bridgehead atoms. The molecular weight excluding hydrogens is 396 g/mol. The molecule has 0 aliphatic rings. The molecule has 144 valence electrons. The third-order valence-electron chi connectivity index (χ3n) is 4.31. The number of fused-ring (bicyclic) bond motifs is 1. The van der Waals surface area contributed by atoms with Crippen LogP contribution in [0.3, 0.4) is 0 Å². The SMILES string of the molecule is COCCN(Cc1nnc(-c2cccs2)o1)Cc1cc2ccccc2nc1Cl. The van der Waals surface area contributed by atoms with Gasteiger partial charge in [-0.05, 0) is 23.6 Å². The number of methoxy groups -OCH3 is 1. The number of halogens is 1. The van der Waals surface area contributed by atoms with Gasteiger partial charge in [0.05, 0.1) is 23.5 Å². The number of hydrogen-bond acceptors (Lipinski definition) is 7. The van der Waals surface area contributed by atoms with Gasteiger partial charge in [0.25, 0.3) is 5.89 Å². The van der Waals surface area contributed by atoms with Gasteiger partial charge in [0.15, 0.2) is 0 Å². The summed E-state index contributed by atoms with van der Waals surface area (Å²) in [4.78, 5) is 7.63. The van der Waals surface area contributed by atoms with E-state index in [2.05, 4.69) is 26.1 Å². The van der Waals surface area contributed by atoms with E-state index in [-0.39, 0.29) is 0 Å². The molecule has 0 fully saturated rings. The van der Waals surface area contributed by atoms with E-state index < -0.39 is 0 Å². The van der Waals surface area contributed by atoms with Crippen LogP contribution in [0.4, 0.5) is 0 Å². The maximum atomic E-state index is 6.44. The molecule has 6 nitrogen and oxygen atoms in total. The minimum absolute atomic E-state index is 0.505. The first kappa shape index (κ1) is 19.0. The summed E-state index contributed by atoms with van der Waals surface area (Å²) in [6, 6.07) is 13.9. The van der Waals surface area contributed by atoms with Crippen molar-refractivity contribution in [2.24, 2.45) is 0 Å². The molecular formula is C20H19ClN4O2S. The molecule has 0 spiro atoms. The minimum Gasteiger partial charge on any atom is -0.419 e. The molecule has 8 heteroatoms. The van der Waals surface area contributed by atoms with E-state index in [1.807, 2.05) is 41.8 Å². The molecule has 0 atom stereocenters. The quantitative estimate of drug-likeness (QED) is 0.391. The summed E-state index contributed by atoms with van der Waals surface area (Å²) >= 11 is 8.01. The monoisotopic (exact) mass is 414 g/mol. The predicted molar refractivity (Wildman–Crippen MR) is 110 cm³/mol. The predicted octanol–water partition coefficient (Wildman–Crippen LogP) is 4.65. The molecule has 1 aromatic carbocycles.